The summed E-state index contributed by atoms with van der Waals surface area (Å²) in [5, 5.41) is 8.71. The molecule has 98 valence electrons. The Morgan fingerprint density at radius 1 is 1.26 bits per heavy atom. The van der Waals surface area contributed by atoms with Crippen LogP contribution in [0, 0.1) is 18.6 Å². The Balaban J connectivity index is 2.49. The Hall–Kier alpha value is -2.37. The quantitative estimate of drug-likeness (QED) is 0.924. The third-order valence-corrected chi connectivity index (χ3v) is 2.42. The number of aromatic nitrogens is 2. The van der Waals surface area contributed by atoms with Gasteiger partial charge in [-0.15, -0.1) is 0 Å². The molecule has 0 unspecified atom stereocenters. The molecule has 0 aliphatic heterocycles. The minimum atomic E-state index is -1.07. The van der Waals surface area contributed by atoms with Gasteiger partial charge in [-0.05, 0) is 25.1 Å². The highest BCUT2D eigenvalue weighted by Gasteiger charge is 2.11. The van der Waals surface area contributed by atoms with E-state index in [0.717, 1.165) is 12.1 Å². The van der Waals surface area contributed by atoms with Crippen LogP contribution in [-0.4, -0.2) is 21.0 Å². The fraction of sp³-hybridized carbons (Fsp3) is 0.154. The molecular weight excluding hydrogens is 254 g/mol. The molecule has 6 heteroatoms. The molecule has 0 radical (unpaired) electrons. The van der Waals surface area contributed by atoms with Gasteiger partial charge in [0, 0.05) is 17.3 Å². The molecule has 0 bridgehead atoms. The summed E-state index contributed by atoms with van der Waals surface area (Å²) in [5.41, 5.74) is 0.866. The van der Waals surface area contributed by atoms with Crippen LogP contribution in [0.3, 0.4) is 0 Å². The minimum absolute atomic E-state index is 0.0891. The van der Waals surface area contributed by atoms with Crippen LogP contribution in [-0.2, 0) is 11.2 Å². The molecule has 2 aromatic rings. The predicted molar refractivity (Wildman–Crippen MR) is 63.5 cm³/mol. The lowest BCUT2D eigenvalue weighted by Crippen LogP contribution is -2.07. The number of rotatable bonds is 3. The number of hydrogen-bond acceptors (Lipinski definition) is 3. The maximum atomic E-state index is 13.6. The van der Waals surface area contributed by atoms with E-state index in [4.69, 9.17) is 5.11 Å². The first-order valence-corrected chi connectivity index (χ1v) is 5.47. The second-order valence-electron chi connectivity index (χ2n) is 4.01. The zero-order chi connectivity index (χ0) is 14.0. The normalized spacial score (nSPS) is 10.5. The summed E-state index contributed by atoms with van der Waals surface area (Å²) < 4.78 is 26.5. The lowest BCUT2D eigenvalue weighted by atomic mass is 10.1. The van der Waals surface area contributed by atoms with Crippen LogP contribution < -0.4 is 0 Å². The molecule has 1 N–H and O–H groups in total. The van der Waals surface area contributed by atoms with Crippen molar-refractivity contribution in [1.82, 2.24) is 9.97 Å². The van der Waals surface area contributed by atoms with E-state index in [1.807, 2.05) is 0 Å². The molecule has 1 aromatic heterocycles. The van der Waals surface area contributed by atoms with Crippen molar-refractivity contribution in [2.24, 2.45) is 0 Å². The van der Waals surface area contributed by atoms with Crippen molar-refractivity contribution in [2.45, 2.75) is 13.3 Å². The van der Waals surface area contributed by atoms with Crippen molar-refractivity contribution < 1.29 is 18.7 Å². The molecule has 0 saturated heterocycles. The van der Waals surface area contributed by atoms with Gasteiger partial charge in [0.1, 0.15) is 23.9 Å². The van der Waals surface area contributed by atoms with E-state index >= 15 is 0 Å². The summed E-state index contributed by atoms with van der Waals surface area (Å²) in [6.07, 6.45) is -0.350. The first-order chi connectivity index (χ1) is 8.95. The predicted octanol–water partition coefficient (Wildman–Crippen LogP) is 2.36. The third-order valence-electron chi connectivity index (χ3n) is 2.42. The molecule has 0 aliphatic carbocycles. The summed E-state index contributed by atoms with van der Waals surface area (Å²) in [6, 6.07) is 4.65. The number of carbonyl (C=O) groups is 1. The average Bonchev–Trinajstić information content (AvgIpc) is 2.26. The largest absolute Gasteiger partial charge is 0.481 e. The van der Waals surface area contributed by atoms with Crippen molar-refractivity contribution in [3.8, 4) is 11.3 Å². The van der Waals surface area contributed by atoms with E-state index in [-0.39, 0.29) is 23.5 Å². The van der Waals surface area contributed by atoms with Gasteiger partial charge in [-0.3, -0.25) is 4.79 Å². The van der Waals surface area contributed by atoms with Crippen LogP contribution in [0.2, 0.25) is 0 Å². The van der Waals surface area contributed by atoms with Crippen LogP contribution >= 0.6 is 0 Å². The van der Waals surface area contributed by atoms with Crippen molar-refractivity contribution >= 4 is 5.97 Å². The number of carboxylic acid groups (broad SMARTS) is 1. The van der Waals surface area contributed by atoms with E-state index in [1.54, 1.807) is 6.92 Å². The molecular formula is C13H10F2N2O2. The summed E-state index contributed by atoms with van der Waals surface area (Å²) in [7, 11) is 0. The topological polar surface area (TPSA) is 63.1 Å². The molecule has 19 heavy (non-hydrogen) atoms. The van der Waals surface area contributed by atoms with Crippen LogP contribution in [0.15, 0.2) is 24.3 Å². The van der Waals surface area contributed by atoms with E-state index in [2.05, 4.69) is 9.97 Å². The van der Waals surface area contributed by atoms with Gasteiger partial charge in [0.25, 0.3) is 0 Å². The SMILES string of the molecule is Cc1cc(-c2ccc(F)cc2F)nc(CC(=O)O)n1. The van der Waals surface area contributed by atoms with E-state index < -0.39 is 17.6 Å². The smallest absolute Gasteiger partial charge is 0.311 e. The van der Waals surface area contributed by atoms with Crippen molar-refractivity contribution in [2.75, 3.05) is 0 Å². The second-order valence-corrected chi connectivity index (χ2v) is 4.01. The number of nitrogens with zero attached hydrogens (tertiary/aromatic N) is 2. The Labute approximate surface area is 107 Å². The summed E-state index contributed by atoms with van der Waals surface area (Å²) >= 11 is 0. The first-order valence-electron chi connectivity index (χ1n) is 5.47. The monoisotopic (exact) mass is 264 g/mol. The molecule has 0 fully saturated rings. The Kier molecular flexibility index (Phi) is 3.50. The highest BCUT2D eigenvalue weighted by molar-refractivity contribution is 5.69. The highest BCUT2D eigenvalue weighted by atomic mass is 19.1. The Morgan fingerprint density at radius 3 is 2.63 bits per heavy atom. The number of halogens is 2. The van der Waals surface area contributed by atoms with Gasteiger partial charge in [0.05, 0.1) is 5.69 Å². The molecule has 4 nitrogen and oxygen atoms in total. The van der Waals surface area contributed by atoms with E-state index in [0.29, 0.717) is 5.69 Å². The second kappa shape index (κ2) is 5.09. The zero-order valence-corrected chi connectivity index (χ0v) is 10.0. The van der Waals surface area contributed by atoms with Crippen molar-refractivity contribution in [1.29, 1.82) is 0 Å². The van der Waals surface area contributed by atoms with Crippen molar-refractivity contribution in [3.63, 3.8) is 0 Å². The molecule has 0 amide bonds. The highest BCUT2D eigenvalue weighted by Crippen LogP contribution is 2.22. The lowest BCUT2D eigenvalue weighted by molar-refractivity contribution is -0.136. The number of benzene rings is 1. The van der Waals surface area contributed by atoms with Crippen LogP contribution in [0.5, 0.6) is 0 Å². The zero-order valence-electron chi connectivity index (χ0n) is 10.0. The van der Waals surface area contributed by atoms with Gasteiger partial charge >= 0.3 is 5.97 Å². The maximum absolute atomic E-state index is 13.6. The lowest BCUT2D eigenvalue weighted by Gasteiger charge is -2.06. The Bertz CT molecular complexity index is 645. The Morgan fingerprint density at radius 2 is 2.00 bits per heavy atom. The standard InChI is InChI=1S/C13H10F2N2O2/c1-7-4-11(17-12(16-7)6-13(18)19)9-3-2-8(14)5-10(9)15/h2-5H,6H2,1H3,(H,18,19). The van der Waals surface area contributed by atoms with Gasteiger partial charge in [0.2, 0.25) is 0 Å². The van der Waals surface area contributed by atoms with Crippen LogP contribution in [0.4, 0.5) is 8.78 Å². The number of carboxylic acids is 1. The average molecular weight is 264 g/mol. The van der Waals surface area contributed by atoms with Gasteiger partial charge in [-0.2, -0.15) is 0 Å². The number of hydrogen-bond donors (Lipinski definition) is 1. The van der Waals surface area contributed by atoms with E-state index in [1.165, 1.54) is 12.1 Å². The molecule has 0 atom stereocenters. The summed E-state index contributed by atoms with van der Waals surface area (Å²) in [5.74, 6) is -2.42. The molecule has 1 heterocycles. The van der Waals surface area contributed by atoms with Gasteiger partial charge in [0.15, 0.2) is 0 Å². The summed E-state index contributed by atoms with van der Waals surface area (Å²) in [4.78, 5) is 18.6. The van der Waals surface area contributed by atoms with Gasteiger partial charge in [-0.25, -0.2) is 18.7 Å². The maximum Gasteiger partial charge on any atom is 0.311 e. The van der Waals surface area contributed by atoms with E-state index in [9.17, 15) is 13.6 Å². The van der Waals surface area contributed by atoms with Crippen LogP contribution in [0.25, 0.3) is 11.3 Å². The first kappa shape index (κ1) is 13.1. The molecule has 0 spiro atoms. The van der Waals surface area contributed by atoms with Crippen LogP contribution in [0.1, 0.15) is 11.5 Å². The molecule has 1 aromatic carbocycles. The summed E-state index contributed by atoms with van der Waals surface area (Å²) in [6.45, 7) is 1.65. The molecule has 2 rings (SSSR count). The number of aliphatic carboxylic acids is 1. The number of aryl methyl sites for hydroxylation is 1. The van der Waals surface area contributed by atoms with Gasteiger partial charge in [-0.1, -0.05) is 0 Å². The van der Waals surface area contributed by atoms with Gasteiger partial charge < -0.3 is 5.11 Å². The molecule has 0 saturated carbocycles. The van der Waals surface area contributed by atoms with Crippen molar-refractivity contribution in [3.05, 3.63) is 47.4 Å². The fourth-order valence-electron chi connectivity index (χ4n) is 1.68. The fourth-order valence-corrected chi connectivity index (χ4v) is 1.68. The molecule has 0 aliphatic rings. The minimum Gasteiger partial charge on any atom is -0.481 e. The third kappa shape index (κ3) is 3.09.